The predicted molar refractivity (Wildman–Crippen MR) is 59.9 cm³/mol. The molecule has 4 N–H and O–H groups in total. The number of amides is 1. The number of H-pyrrole nitrogens is 1. The van der Waals surface area contributed by atoms with Gasteiger partial charge in [0.1, 0.15) is 6.10 Å². The molecule has 88 valence electrons. The number of carbonyl (C=O) groups excluding carboxylic acids is 1. The monoisotopic (exact) mass is 224 g/mol. The number of aryl methyl sites for hydroxylation is 1. The van der Waals surface area contributed by atoms with Gasteiger partial charge in [0, 0.05) is 0 Å². The van der Waals surface area contributed by atoms with Crippen molar-refractivity contribution in [2.75, 3.05) is 11.1 Å². The molecule has 1 aromatic rings. The van der Waals surface area contributed by atoms with Gasteiger partial charge in [-0.25, -0.2) is 0 Å². The van der Waals surface area contributed by atoms with Crippen LogP contribution in [0, 0.1) is 6.92 Å². The summed E-state index contributed by atoms with van der Waals surface area (Å²) in [5.74, 6) is 0.202. The summed E-state index contributed by atoms with van der Waals surface area (Å²) in [7, 11) is 0. The summed E-state index contributed by atoms with van der Waals surface area (Å²) in [6.07, 6.45) is 1.42. The SMILES string of the molecule is Cc1[nH]nc(NC(=O)C2CCC(C)O2)c1N. The molecule has 0 aliphatic carbocycles. The molecule has 1 fully saturated rings. The zero-order valence-corrected chi connectivity index (χ0v) is 9.41. The highest BCUT2D eigenvalue weighted by Gasteiger charge is 2.28. The Kier molecular flexibility index (Phi) is 2.82. The highest BCUT2D eigenvalue weighted by Crippen LogP contribution is 2.22. The second-order valence-corrected chi connectivity index (χ2v) is 4.11. The summed E-state index contributed by atoms with van der Waals surface area (Å²) >= 11 is 0. The van der Waals surface area contributed by atoms with Gasteiger partial charge in [0.25, 0.3) is 5.91 Å². The Hall–Kier alpha value is -1.56. The number of hydrogen-bond donors (Lipinski definition) is 3. The molecule has 2 unspecified atom stereocenters. The van der Waals surface area contributed by atoms with E-state index in [1.165, 1.54) is 0 Å². The molecular weight excluding hydrogens is 208 g/mol. The van der Waals surface area contributed by atoms with Crippen LogP contribution in [0.3, 0.4) is 0 Å². The first kappa shape index (κ1) is 10.9. The minimum atomic E-state index is -0.383. The topological polar surface area (TPSA) is 93.0 Å². The third-order valence-electron chi connectivity index (χ3n) is 2.76. The molecule has 1 aliphatic rings. The third-order valence-corrected chi connectivity index (χ3v) is 2.76. The Labute approximate surface area is 93.5 Å². The van der Waals surface area contributed by atoms with Gasteiger partial charge in [-0.1, -0.05) is 0 Å². The molecule has 0 saturated carbocycles. The Morgan fingerprint density at radius 1 is 1.62 bits per heavy atom. The Bertz CT molecular complexity index is 402. The molecule has 2 rings (SSSR count). The molecule has 0 aromatic carbocycles. The molecule has 1 amide bonds. The number of carbonyl (C=O) groups is 1. The minimum Gasteiger partial charge on any atom is -0.394 e. The van der Waals surface area contributed by atoms with Crippen molar-refractivity contribution in [2.45, 2.75) is 38.9 Å². The fourth-order valence-electron chi connectivity index (χ4n) is 1.73. The normalized spacial score (nSPS) is 24.6. The quantitative estimate of drug-likeness (QED) is 0.693. The van der Waals surface area contributed by atoms with E-state index in [4.69, 9.17) is 10.5 Å². The van der Waals surface area contributed by atoms with E-state index in [0.29, 0.717) is 11.5 Å². The van der Waals surface area contributed by atoms with Crippen molar-refractivity contribution >= 4 is 17.4 Å². The van der Waals surface area contributed by atoms with Crippen molar-refractivity contribution in [3.05, 3.63) is 5.69 Å². The summed E-state index contributed by atoms with van der Waals surface area (Å²) in [5, 5.41) is 9.28. The van der Waals surface area contributed by atoms with Crippen molar-refractivity contribution in [2.24, 2.45) is 0 Å². The van der Waals surface area contributed by atoms with Crippen LogP contribution < -0.4 is 11.1 Å². The second kappa shape index (κ2) is 4.13. The van der Waals surface area contributed by atoms with Gasteiger partial charge in [-0.05, 0) is 26.7 Å². The minimum absolute atomic E-state index is 0.147. The highest BCUT2D eigenvalue weighted by atomic mass is 16.5. The fraction of sp³-hybridized carbons (Fsp3) is 0.600. The van der Waals surface area contributed by atoms with Gasteiger partial charge in [-0.15, -0.1) is 0 Å². The van der Waals surface area contributed by atoms with E-state index >= 15 is 0 Å². The lowest BCUT2D eigenvalue weighted by molar-refractivity contribution is -0.126. The van der Waals surface area contributed by atoms with E-state index in [-0.39, 0.29) is 18.1 Å². The lowest BCUT2D eigenvalue weighted by Crippen LogP contribution is -2.28. The van der Waals surface area contributed by atoms with Crippen molar-refractivity contribution in [3.8, 4) is 0 Å². The van der Waals surface area contributed by atoms with Crippen molar-refractivity contribution in [1.82, 2.24) is 10.2 Å². The molecule has 6 nitrogen and oxygen atoms in total. The Morgan fingerprint density at radius 3 is 2.88 bits per heavy atom. The first-order valence-corrected chi connectivity index (χ1v) is 5.34. The van der Waals surface area contributed by atoms with Gasteiger partial charge >= 0.3 is 0 Å². The second-order valence-electron chi connectivity index (χ2n) is 4.11. The van der Waals surface area contributed by atoms with E-state index in [1.54, 1.807) is 6.92 Å². The predicted octanol–water partition coefficient (Wildman–Crippen LogP) is 0.806. The van der Waals surface area contributed by atoms with Gasteiger partial charge in [0.15, 0.2) is 5.82 Å². The number of hydrogen-bond acceptors (Lipinski definition) is 4. The summed E-state index contributed by atoms with van der Waals surface area (Å²) < 4.78 is 5.45. The van der Waals surface area contributed by atoms with Crippen molar-refractivity contribution < 1.29 is 9.53 Å². The molecule has 1 aromatic heterocycles. The van der Waals surface area contributed by atoms with Gasteiger partial charge < -0.3 is 15.8 Å². The molecule has 0 bridgehead atoms. The number of nitrogens with two attached hydrogens (primary N) is 1. The van der Waals surface area contributed by atoms with Crippen molar-refractivity contribution in [3.63, 3.8) is 0 Å². The molecular formula is C10H16N4O2. The van der Waals surface area contributed by atoms with Crippen LogP contribution in [0.25, 0.3) is 0 Å². The number of aromatic nitrogens is 2. The Morgan fingerprint density at radius 2 is 2.38 bits per heavy atom. The zero-order valence-electron chi connectivity index (χ0n) is 9.41. The number of ether oxygens (including phenoxy) is 1. The maximum Gasteiger partial charge on any atom is 0.254 e. The maximum absolute atomic E-state index is 11.8. The average molecular weight is 224 g/mol. The maximum atomic E-state index is 11.8. The van der Waals surface area contributed by atoms with E-state index in [0.717, 1.165) is 18.5 Å². The fourth-order valence-corrected chi connectivity index (χ4v) is 1.73. The van der Waals surface area contributed by atoms with Gasteiger partial charge in [-0.2, -0.15) is 5.10 Å². The molecule has 1 saturated heterocycles. The summed E-state index contributed by atoms with van der Waals surface area (Å²) in [4.78, 5) is 11.8. The first-order valence-electron chi connectivity index (χ1n) is 5.34. The molecule has 0 spiro atoms. The first-order chi connectivity index (χ1) is 7.58. The largest absolute Gasteiger partial charge is 0.394 e. The van der Waals surface area contributed by atoms with Gasteiger partial charge in [0.05, 0.1) is 17.5 Å². The van der Waals surface area contributed by atoms with Crippen LogP contribution >= 0.6 is 0 Å². The lowest BCUT2D eigenvalue weighted by atomic mass is 10.2. The number of rotatable bonds is 2. The number of anilines is 2. The number of nitrogen functional groups attached to an aromatic ring is 1. The number of nitrogens with one attached hydrogen (secondary N) is 2. The molecule has 6 heteroatoms. The van der Waals surface area contributed by atoms with Crippen LogP contribution in [0.15, 0.2) is 0 Å². The standard InChI is InChI=1S/C10H16N4O2/c1-5-3-4-7(16-5)10(15)12-9-8(11)6(2)13-14-9/h5,7H,3-4,11H2,1-2H3,(H2,12,13,14,15). The van der Waals surface area contributed by atoms with Crippen LogP contribution in [-0.4, -0.2) is 28.3 Å². The van der Waals surface area contributed by atoms with Crippen LogP contribution in [0.1, 0.15) is 25.5 Å². The summed E-state index contributed by atoms with van der Waals surface area (Å²) in [6, 6.07) is 0. The van der Waals surface area contributed by atoms with Crippen LogP contribution in [-0.2, 0) is 9.53 Å². The molecule has 1 aliphatic heterocycles. The Balaban J connectivity index is 2.00. The zero-order chi connectivity index (χ0) is 11.7. The van der Waals surface area contributed by atoms with Crippen LogP contribution in [0.4, 0.5) is 11.5 Å². The molecule has 0 radical (unpaired) electrons. The van der Waals surface area contributed by atoms with Gasteiger partial charge in [0.2, 0.25) is 0 Å². The lowest BCUT2D eigenvalue weighted by Gasteiger charge is -2.10. The van der Waals surface area contributed by atoms with E-state index in [9.17, 15) is 4.79 Å². The van der Waals surface area contributed by atoms with Gasteiger partial charge in [-0.3, -0.25) is 9.89 Å². The van der Waals surface area contributed by atoms with E-state index in [1.807, 2.05) is 6.92 Å². The van der Waals surface area contributed by atoms with Crippen LogP contribution in [0.5, 0.6) is 0 Å². The molecule has 2 heterocycles. The summed E-state index contributed by atoms with van der Waals surface area (Å²) in [6.45, 7) is 3.76. The number of nitrogens with zero attached hydrogens (tertiary/aromatic N) is 1. The number of aromatic amines is 1. The summed E-state index contributed by atoms with van der Waals surface area (Å²) in [5.41, 5.74) is 6.95. The average Bonchev–Trinajstić information content (AvgIpc) is 2.79. The molecule has 2 atom stereocenters. The van der Waals surface area contributed by atoms with Crippen molar-refractivity contribution in [1.29, 1.82) is 0 Å². The van der Waals surface area contributed by atoms with Crippen LogP contribution in [0.2, 0.25) is 0 Å². The third kappa shape index (κ3) is 2.01. The smallest absolute Gasteiger partial charge is 0.254 e. The highest BCUT2D eigenvalue weighted by molar-refractivity contribution is 5.96. The van der Waals surface area contributed by atoms with E-state index in [2.05, 4.69) is 15.5 Å². The molecule has 16 heavy (non-hydrogen) atoms. The van der Waals surface area contributed by atoms with E-state index < -0.39 is 0 Å².